The fraction of sp³-hybridized carbons (Fsp3) is 0.364. The first-order chi connectivity index (χ1) is 14.3. The molecule has 0 spiro atoms. The molecule has 0 bridgehead atoms. The number of rotatable bonds is 10. The minimum Gasteiger partial charge on any atom is -0.383 e. The van der Waals surface area contributed by atoms with E-state index in [0.29, 0.717) is 18.8 Å². The highest BCUT2D eigenvalue weighted by Gasteiger charge is 2.19. The standard InChI is InChI=1S/C22H28FN3O4/c1-25(2)20-9-8-19(24-21(27)15-30-4)13-17(20)14-26(10-11-29-3)22(28)16-6-5-7-18(23)12-16/h5-9,12-13H,10-11,14-15H2,1-4H3,(H,24,27). The Kier molecular flexibility index (Phi) is 8.76. The van der Waals surface area contributed by atoms with Crippen molar-refractivity contribution in [3.05, 3.63) is 59.4 Å². The molecule has 0 aliphatic rings. The summed E-state index contributed by atoms with van der Waals surface area (Å²) in [6.07, 6.45) is 0. The van der Waals surface area contributed by atoms with Gasteiger partial charge in [0.15, 0.2) is 0 Å². The summed E-state index contributed by atoms with van der Waals surface area (Å²) in [4.78, 5) is 28.4. The third-order valence-corrected chi connectivity index (χ3v) is 4.41. The Morgan fingerprint density at radius 3 is 2.47 bits per heavy atom. The third-order valence-electron chi connectivity index (χ3n) is 4.41. The van der Waals surface area contributed by atoms with Gasteiger partial charge in [-0.2, -0.15) is 0 Å². The van der Waals surface area contributed by atoms with Crippen molar-refractivity contribution in [2.24, 2.45) is 0 Å². The van der Waals surface area contributed by atoms with E-state index in [4.69, 9.17) is 9.47 Å². The molecule has 0 aliphatic heterocycles. The first-order valence-electron chi connectivity index (χ1n) is 9.48. The molecule has 2 aromatic carbocycles. The van der Waals surface area contributed by atoms with Crippen LogP contribution in [-0.2, 0) is 20.8 Å². The van der Waals surface area contributed by atoms with Crippen molar-refractivity contribution in [2.75, 3.05) is 58.3 Å². The highest BCUT2D eigenvalue weighted by atomic mass is 19.1. The van der Waals surface area contributed by atoms with Crippen molar-refractivity contribution in [3.63, 3.8) is 0 Å². The van der Waals surface area contributed by atoms with Crippen molar-refractivity contribution in [2.45, 2.75) is 6.54 Å². The minimum absolute atomic E-state index is 0.0528. The van der Waals surface area contributed by atoms with Gasteiger partial charge in [0.25, 0.3) is 5.91 Å². The average Bonchev–Trinajstić information content (AvgIpc) is 2.70. The van der Waals surface area contributed by atoms with Crippen LogP contribution < -0.4 is 10.2 Å². The smallest absolute Gasteiger partial charge is 0.254 e. The van der Waals surface area contributed by atoms with Crippen molar-refractivity contribution in [1.29, 1.82) is 0 Å². The SMILES string of the molecule is COCCN(Cc1cc(NC(=O)COC)ccc1N(C)C)C(=O)c1cccc(F)c1. The van der Waals surface area contributed by atoms with Crippen LogP contribution in [0.25, 0.3) is 0 Å². The lowest BCUT2D eigenvalue weighted by Crippen LogP contribution is -2.34. The number of benzene rings is 2. The Morgan fingerprint density at radius 2 is 1.83 bits per heavy atom. The summed E-state index contributed by atoms with van der Waals surface area (Å²) in [7, 11) is 6.81. The number of ether oxygens (including phenoxy) is 2. The minimum atomic E-state index is -0.468. The van der Waals surface area contributed by atoms with Crippen molar-refractivity contribution in [1.82, 2.24) is 4.90 Å². The topological polar surface area (TPSA) is 71.1 Å². The van der Waals surface area contributed by atoms with Crippen LogP contribution in [0.4, 0.5) is 15.8 Å². The highest BCUT2D eigenvalue weighted by molar-refractivity contribution is 5.94. The molecule has 0 fully saturated rings. The lowest BCUT2D eigenvalue weighted by Gasteiger charge is -2.26. The van der Waals surface area contributed by atoms with Crippen molar-refractivity contribution < 1.29 is 23.5 Å². The van der Waals surface area contributed by atoms with E-state index in [1.54, 1.807) is 24.1 Å². The number of hydrogen-bond acceptors (Lipinski definition) is 5. The highest BCUT2D eigenvalue weighted by Crippen LogP contribution is 2.25. The Balaban J connectivity index is 2.34. The van der Waals surface area contributed by atoms with E-state index >= 15 is 0 Å². The Hall–Kier alpha value is -2.97. The van der Waals surface area contributed by atoms with E-state index in [1.165, 1.54) is 25.3 Å². The molecule has 0 aliphatic carbocycles. The molecule has 8 heteroatoms. The fourth-order valence-electron chi connectivity index (χ4n) is 3.02. The van der Waals surface area contributed by atoms with Crippen LogP contribution in [0.1, 0.15) is 15.9 Å². The maximum absolute atomic E-state index is 13.6. The van der Waals surface area contributed by atoms with Gasteiger partial charge in [-0.15, -0.1) is 0 Å². The van der Waals surface area contributed by atoms with Gasteiger partial charge >= 0.3 is 0 Å². The van der Waals surface area contributed by atoms with Crippen LogP contribution in [0.15, 0.2) is 42.5 Å². The lowest BCUT2D eigenvalue weighted by molar-refractivity contribution is -0.119. The lowest BCUT2D eigenvalue weighted by atomic mass is 10.1. The predicted molar refractivity (Wildman–Crippen MR) is 114 cm³/mol. The third kappa shape index (κ3) is 6.53. The number of carbonyl (C=O) groups is 2. The predicted octanol–water partition coefficient (Wildman–Crippen LogP) is 2.77. The molecule has 1 N–H and O–H groups in total. The van der Waals surface area contributed by atoms with E-state index in [9.17, 15) is 14.0 Å². The number of amides is 2. The zero-order chi connectivity index (χ0) is 22.1. The van der Waals surface area contributed by atoms with Crippen LogP contribution in [-0.4, -0.2) is 64.8 Å². The van der Waals surface area contributed by atoms with Gasteiger partial charge in [0.1, 0.15) is 12.4 Å². The Morgan fingerprint density at radius 1 is 1.07 bits per heavy atom. The van der Waals surface area contributed by atoms with Crippen LogP contribution in [0.2, 0.25) is 0 Å². The van der Waals surface area contributed by atoms with Gasteiger partial charge in [-0.1, -0.05) is 6.07 Å². The molecular weight excluding hydrogens is 389 g/mol. The maximum Gasteiger partial charge on any atom is 0.254 e. The molecule has 0 saturated heterocycles. The number of nitrogens with zero attached hydrogens (tertiary/aromatic N) is 2. The zero-order valence-corrected chi connectivity index (χ0v) is 17.8. The van der Waals surface area contributed by atoms with Crippen LogP contribution in [0.3, 0.4) is 0 Å². The fourth-order valence-corrected chi connectivity index (χ4v) is 3.02. The van der Waals surface area contributed by atoms with Crippen LogP contribution >= 0.6 is 0 Å². The van der Waals surface area contributed by atoms with Gasteiger partial charge in [-0.25, -0.2) is 4.39 Å². The van der Waals surface area contributed by atoms with Gasteiger partial charge < -0.3 is 24.6 Å². The average molecular weight is 417 g/mol. The van der Waals surface area contributed by atoms with Crippen LogP contribution in [0, 0.1) is 5.82 Å². The quantitative estimate of drug-likeness (QED) is 0.644. The summed E-state index contributed by atoms with van der Waals surface area (Å²) in [5.74, 6) is -1.04. The molecule has 0 atom stereocenters. The zero-order valence-electron chi connectivity index (χ0n) is 17.8. The number of nitrogens with one attached hydrogen (secondary N) is 1. The Labute approximate surface area is 176 Å². The van der Waals surface area contributed by atoms with Crippen molar-refractivity contribution in [3.8, 4) is 0 Å². The second kappa shape index (κ2) is 11.3. The molecule has 0 heterocycles. The number of carbonyl (C=O) groups excluding carboxylic acids is 2. The molecular formula is C22H28FN3O4. The van der Waals surface area contributed by atoms with E-state index in [1.807, 2.05) is 31.1 Å². The van der Waals surface area contributed by atoms with Gasteiger partial charge in [-0.05, 0) is 42.0 Å². The molecule has 0 aromatic heterocycles. The van der Waals surface area contributed by atoms with E-state index in [0.717, 1.165) is 11.3 Å². The normalized spacial score (nSPS) is 10.6. The molecule has 7 nitrogen and oxygen atoms in total. The number of hydrogen-bond donors (Lipinski definition) is 1. The first-order valence-corrected chi connectivity index (χ1v) is 9.48. The summed E-state index contributed by atoms with van der Waals surface area (Å²) in [5.41, 5.74) is 2.59. The van der Waals surface area contributed by atoms with Gasteiger partial charge in [-0.3, -0.25) is 9.59 Å². The van der Waals surface area contributed by atoms with Gasteiger partial charge in [0.05, 0.1) is 6.61 Å². The number of anilines is 2. The second-order valence-corrected chi connectivity index (χ2v) is 6.95. The van der Waals surface area contributed by atoms with E-state index in [-0.39, 0.29) is 30.5 Å². The Bertz CT molecular complexity index is 873. The summed E-state index contributed by atoms with van der Waals surface area (Å²) >= 11 is 0. The summed E-state index contributed by atoms with van der Waals surface area (Å²) < 4.78 is 23.6. The first kappa shape index (κ1) is 23.3. The molecule has 2 aromatic rings. The molecule has 0 radical (unpaired) electrons. The second-order valence-electron chi connectivity index (χ2n) is 6.95. The van der Waals surface area contributed by atoms with Crippen LogP contribution in [0.5, 0.6) is 0 Å². The number of methoxy groups -OCH3 is 2. The maximum atomic E-state index is 13.6. The largest absolute Gasteiger partial charge is 0.383 e. The molecule has 162 valence electrons. The molecule has 30 heavy (non-hydrogen) atoms. The molecule has 2 rings (SSSR count). The van der Waals surface area contributed by atoms with E-state index < -0.39 is 5.82 Å². The summed E-state index contributed by atoms with van der Waals surface area (Å²) in [6, 6.07) is 11.1. The van der Waals surface area contributed by atoms with Gasteiger partial charge in [0.2, 0.25) is 5.91 Å². The molecule has 0 unspecified atom stereocenters. The molecule has 2 amide bonds. The van der Waals surface area contributed by atoms with Crippen molar-refractivity contribution >= 4 is 23.2 Å². The summed E-state index contributed by atoms with van der Waals surface area (Å²) in [5, 5.41) is 2.77. The molecule has 0 saturated carbocycles. The monoisotopic (exact) mass is 417 g/mol. The summed E-state index contributed by atoms with van der Waals surface area (Å²) in [6.45, 7) is 0.880. The number of halogens is 1. The van der Waals surface area contributed by atoms with Gasteiger partial charge in [0, 0.05) is 58.3 Å². The van der Waals surface area contributed by atoms with E-state index in [2.05, 4.69) is 5.32 Å².